The summed E-state index contributed by atoms with van der Waals surface area (Å²) in [7, 11) is 0. The molecule has 0 spiro atoms. The van der Waals surface area contributed by atoms with E-state index in [1.54, 1.807) is 12.1 Å². The second kappa shape index (κ2) is 7.85. The molecule has 0 saturated carbocycles. The van der Waals surface area contributed by atoms with Gasteiger partial charge >= 0.3 is 0 Å². The predicted molar refractivity (Wildman–Crippen MR) is 93.8 cm³/mol. The Morgan fingerprint density at radius 1 is 1.18 bits per heavy atom. The molecule has 0 aliphatic rings. The minimum absolute atomic E-state index is 0.0285. The SMILES string of the molecule is CCN(CCC(=O)Nc1ccccc1Cl)c1cccc(C)c1. The fourth-order valence-corrected chi connectivity index (χ4v) is 2.49. The summed E-state index contributed by atoms with van der Waals surface area (Å²) in [6.45, 7) is 5.70. The molecule has 0 aliphatic heterocycles. The van der Waals surface area contributed by atoms with Gasteiger partial charge in [0.1, 0.15) is 0 Å². The summed E-state index contributed by atoms with van der Waals surface area (Å²) in [5, 5.41) is 3.41. The van der Waals surface area contributed by atoms with Crippen molar-refractivity contribution in [2.24, 2.45) is 0 Å². The normalized spacial score (nSPS) is 10.3. The predicted octanol–water partition coefficient (Wildman–Crippen LogP) is 4.50. The molecule has 0 atom stereocenters. The van der Waals surface area contributed by atoms with Crippen LogP contribution in [0, 0.1) is 6.92 Å². The van der Waals surface area contributed by atoms with Crippen molar-refractivity contribution in [1.29, 1.82) is 0 Å². The summed E-state index contributed by atoms with van der Waals surface area (Å²) in [5.74, 6) is -0.0285. The molecule has 0 heterocycles. The third kappa shape index (κ3) is 4.50. The maximum Gasteiger partial charge on any atom is 0.226 e. The van der Waals surface area contributed by atoms with Gasteiger partial charge in [-0.25, -0.2) is 0 Å². The van der Waals surface area contributed by atoms with Crippen LogP contribution < -0.4 is 10.2 Å². The Hall–Kier alpha value is -2.00. The topological polar surface area (TPSA) is 32.3 Å². The Labute approximate surface area is 136 Å². The van der Waals surface area contributed by atoms with E-state index in [0.29, 0.717) is 23.7 Å². The van der Waals surface area contributed by atoms with Crippen molar-refractivity contribution in [3.63, 3.8) is 0 Å². The third-order valence-corrected chi connectivity index (χ3v) is 3.83. The molecule has 2 aromatic rings. The lowest BCUT2D eigenvalue weighted by Gasteiger charge is -2.23. The van der Waals surface area contributed by atoms with Crippen molar-refractivity contribution in [2.75, 3.05) is 23.3 Å². The fourth-order valence-electron chi connectivity index (χ4n) is 2.31. The van der Waals surface area contributed by atoms with Crippen LogP contribution in [0.1, 0.15) is 18.9 Å². The van der Waals surface area contributed by atoms with Crippen LogP contribution in [0.25, 0.3) is 0 Å². The summed E-state index contributed by atoms with van der Waals surface area (Å²) in [5.41, 5.74) is 3.03. The van der Waals surface area contributed by atoms with E-state index in [4.69, 9.17) is 11.6 Å². The van der Waals surface area contributed by atoms with Crippen molar-refractivity contribution in [2.45, 2.75) is 20.3 Å². The molecule has 3 nitrogen and oxygen atoms in total. The zero-order valence-corrected chi connectivity index (χ0v) is 13.7. The first-order valence-electron chi connectivity index (χ1n) is 7.46. The number of benzene rings is 2. The molecule has 22 heavy (non-hydrogen) atoms. The molecule has 2 aromatic carbocycles. The number of halogens is 1. The Kier molecular flexibility index (Phi) is 5.84. The summed E-state index contributed by atoms with van der Waals surface area (Å²) >= 11 is 6.05. The van der Waals surface area contributed by atoms with Crippen LogP contribution in [0.15, 0.2) is 48.5 Å². The van der Waals surface area contributed by atoms with E-state index < -0.39 is 0 Å². The molecule has 0 aromatic heterocycles. The van der Waals surface area contributed by atoms with Crippen LogP contribution in [0.3, 0.4) is 0 Å². The maximum absolute atomic E-state index is 12.1. The lowest BCUT2D eigenvalue weighted by atomic mass is 10.2. The molecule has 4 heteroatoms. The lowest BCUT2D eigenvalue weighted by molar-refractivity contribution is -0.116. The molecule has 0 aliphatic carbocycles. The average molecular weight is 317 g/mol. The Morgan fingerprint density at radius 2 is 1.95 bits per heavy atom. The molecule has 0 saturated heterocycles. The van der Waals surface area contributed by atoms with Gasteiger partial charge < -0.3 is 10.2 Å². The largest absolute Gasteiger partial charge is 0.371 e. The highest BCUT2D eigenvalue weighted by Gasteiger charge is 2.09. The van der Waals surface area contributed by atoms with Crippen molar-refractivity contribution in [1.82, 2.24) is 0 Å². The highest BCUT2D eigenvalue weighted by Crippen LogP contribution is 2.21. The van der Waals surface area contributed by atoms with Crippen molar-refractivity contribution in [3.05, 3.63) is 59.1 Å². The van der Waals surface area contributed by atoms with Crippen LogP contribution in [0.4, 0.5) is 11.4 Å². The molecular formula is C18H21ClN2O. The molecular weight excluding hydrogens is 296 g/mol. The lowest BCUT2D eigenvalue weighted by Crippen LogP contribution is -2.27. The van der Waals surface area contributed by atoms with E-state index in [1.807, 2.05) is 18.2 Å². The van der Waals surface area contributed by atoms with Gasteiger partial charge in [-0.2, -0.15) is 0 Å². The number of nitrogens with one attached hydrogen (secondary N) is 1. The van der Waals surface area contributed by atoms with Crippen LogP contribution in [0.2, 0.25) is 5.02 Å². The average Bonchev–Trinajstić information content (AvgIpc) is 2.50. The molecule has 0 radical (unpaired) electrons. The number of hydrogen-bond acceptors (Lipinski definition) is 2. The first-order valence-corrected chi connectivity index (χ1v) is 7.84. The van der Waals surface area contributed by atoms with Crippen molar-refractivity contribution in [3.8, 4) is 0 Å². The second-order valence-electron chi connectivity index (χ2n) is 5.20. The first-order chi connectivity index (χ1) is 10.6. The van der Waals surface area contributed by atoms with Gasteiger partial charge in [-0.15, -0.1) is 0 Å². The Bertz CT molecular complexity index is 642. The van der Waals surface area contributed by atoms with Crippen LogP contribution >= 0.6 is 11.6 Å². The fraction of sp³-hybridized carbons (Fsp3) is 0.278. The summed E-state index contributed by atoms with van der Waals surface area (Å²) in [6.07, 6.45) is 0.424. The summed E-state index contributed by atoms with van der Waals surface area (Å²) < 4.78 is 0. The minimum atomic E-state index is -0.0285. The summed E-state index contributed by atoms with van der Waals surface area (Å²) in [4.78, 5) is 14.3. The maximum atomic E-state index is 12.1. The van der Waals surface area contributed by atoms with Gasteiger partial charge in [0, 0.05) is 25.2 Å². The summed E-state index contributed by atoms with van der Waals surface area (Å²) in [6, 6.07) is 15.6. The minimum Gasteiger partial charge on any atom is -0.371 e. The standard InChI is InChI=1S/C18H21ClN2O/c1-3-21(15-8-6-7-14(2)13-15)12-11-18(22)20-17-10-5-4-9-16(17)19/h4-10,13H,3,11-12H2,1-2H3,(H,20,22). The van der Waals surface area contributed by atoms with Crippen LogP contribution in [0.5, 0.6) is 0 Å². The molecule has 0 bridgehead atoms. The van der Waals surface area contributed by atoms with Crippen LogP contribution in [-0.2, 0) is 4.79 Å². The number of aryl methyl sites for hydroxylation is 1. The van der Waals surface area contributed by atoms with Gasteiger partial charge in [-0.05, 0) is 43.7 Å². The zero-order chi connectivity index (χ0) is 15.9. The number of amides is 1. The number of para-hydroxylation sites is 1. The van der Waals surface area contributed by atoms with Gasteiger partial charge in [0.2, 0.25) is 5.91 Å². The van der Waals surface area contributed by atoms with Gasteiger partial charge in [0.25, 0.3) is 0 Å². The van der Waals surface area contributed by atoms with Gasteiger partial charge in [0.05, 0.1) is 10.7 Å². The Balaban J connectivity index is 1.93. The molecule has 0 fully saturated rings. The third-order valence-electron chi connectivity index (χ3n) is 3.51. The molecule has 1 N–H and O–H groups in total. The molecule has 1 amide bonds. The highest BCUT2D eigenvalue weighted by molar-refractivity contribution is 6.33. The second-order valence-corrected chi connectivity index (χ2v) is 5.60. The van der Waals surface area contributed by atoms with Gasteiger partial charge in [-0.1, -0.05) is 35.9 Å². The zero-order valence-electron chi connectivity index (χ0n) is 13.0. The van der Waals surface area contributed by atoms with Crippen LogP contribution in [-0.4, -0.2) is 19.0 Å². The quantitative estimate of drug-likeness (QED) is 0.850. The van der Waals surface area contributed by atoms with E-state index >= 15 is 0 Å². The monoisotopic (exact) mass is 316 g/mol. The highest BCUT2D eigenvalue weighted by atomic mass is 35.5. The number of carbonyl (C=O) groups excluding carboxylic acids is 1. The number of anilines is 2. The molecule has 0 unspecified atom stereocenters. The van der Waals surface area contributed by atoms with Crippen molar-refractivity contribution >= 4 is 28.9 Å². The number of carbonyl (C=O) groups is 1. The van der Waals surface area contributed by atoms with E-state index in [9.17, 15) is 4.79 Å². The number of rotatable bonds is 6. The Morgan fingerprint density at radius 3 is 2.64 bits per heavy atom. The van der Waals surface area contributed by atoms with Gasteiger partial charge in [0.15, 0.2) is 0 Å². The van der Waals surface area contributed by atoms with E-state index in [0.717, 1.165) is 12.2 Å². The molecule has 116 valence electrons. The van der Waals surface area contributed by atoms with E-state index in [2.05, 4.69) is 42.3 Å². The number of nitrogens with zero attached hydrogens (tertiary/aromatic N) is 1. The molecule has 2 rings (SSSR count). The van der Waals surface area contributed by atoms with E-state index in [-0.39, 0.29) is 5.91 Å². The van der Waals surface area contributed by atoms with Crippen molar-refractivity contribution < 1.29 is 4.79 Å². The van der Waals surface area contributed by atoms with E-state index in [1.165, 1.54) is 5.56 Å². The first kappa shape index (κ1) is 16.4. The smallest absolute Gasteiger partial charge is 0.226 e. The number of hydrogen-bond donors (Lipinski definition) is 1. The van der Waals surface area contributed by atoms with Gasteiger partial charge in [-0.3, -0.25) is 4.79 Å².